The molecule has 0 radical (unpaired) electrons. The van der Waals surface area contributed by atoms with E-state index in [1.807, 2.05) is 19.1 Å². The van der Waals surface area contributed by atoms with Crippen LogP contribution in [0.2, 0.25) is 0 Å². The summed E-state index contributed by atoms with van der Waals surface area (Å²) in [7, 11) is 0. The molecule has 1 aromatic heterocycles. The molecule has 0 aliphatic rings. The molecule has 0 bridgehead atoms. The summed E-state index contributed by atoms with van der Waals surface area (Å²) in [5, 5.41) is 25.5. The quantitative estimate of drug-likeness (QED) is 0.802. The molecular weight excluding hydrogens is 204 g/mol. The first-order chi connectivity index (χ1) is 7.79. The Bertz CT molecular complexity index is 481. The summed E-state index contributed by atoms with van der Waals surface area (Å²) in [6, 6.07) is 9.23. The van der Waals surface area contributed by atoms with Gasteiger partial charge in [-0.05, 0) is 31.2 Å². The molecule has 1 aromatic carbocycles. The molecule has 2 aromatic rings. The molecule has 2 rings (SSSR count). The summed E-state index contributed by atoms with van der Waals surface area (Å²) in [6.45, 7) is 1.93. The minimum Gasteiger partial charge on any atom is -0.375 e. The zero-order valence-corrected chi connectivity index (χ0v) is 8.68. The zero-order chi connectivity index (χ0) is 11.4. The monoisotopic (exact) mass is 214 g/mol. The first-order valence-corrected chi connectivity index (χ1v) is 4.79. The lowest BCUT2D eigenvalue weighted by Gasteiger charge is -2.10. The highest BCUT2D eigenvalue weighted by molar-refractivity contribution is 5.48. The summed E-state index contributed by atoms with van der Waals surface area (Å²) in [4.78, 5) is 0. The normalized spacial score (nSPS) is 11.8. The van der Waals surface area contributed by atoms with Crippen molar-refractivity contribution in [1.82, 2.24) is 20.6 Å². The van der Waals surface area contributed by atoms with Gasteiger partial charge in [0.2, 0.25) is 0 Å². The maximum absolute atomic E-state index is 8.66. The lowest BCUT2D eigenvalue weighted by molar-refractivity contribution is 0.793. The van der Waals surface area contributed by atoms with Gasteiger partial charge in [0.15, 0.2) is 5.82 Å². The fraction of sp³-hybridized carbons (Fsp3) is 0.200. The molecule has 6 heteroatoms. The van der Waals surface area contributed by atoms with E-state index < -0.39 is 0 Å². The van der Waals surface area contributed by atoms with E-state index in [1.165, 1.54) is 0 Å². The maximum atomic E-state index is 8.66. The molecule has 2 N–H and O–H groups in total. The van der Waals surface area contributed by atoms with Crippen molar-refractivity contribution in [2.75, 3.05) is 5.32 Å². The lowest BCUT2D eigenvalue weighted by Crippen LogP contribution is -2.08. The molecule has 0 aliphatic heterocycles. The second-order valence-corrected chi connectivity index (χ2v) is 3.33. The molecule has 0 aliphatic carbocycles. The second kappa shape index (κ2) is 4.40. The fourth-order valence-corrected chi connectivity index (χ4v) is 1.31. The van der Waals surface area contributed by atoms with E-state index in [2.05, 4.69) is 32.0 Å². The number of H-pyrrole nitrogens is 1. The maximum Gasteiger partial charge on any atom is 0.196 e. The Morgan fingerprint density at radius 3 is 2.69 bits per heavy atom. The number of nitrogens with one attached hydrogen (secondary N) is 2. The number of aromatic nitrogens is 4. The van der Waals surface area contributed by atoms with Crippen LogP contribution in [-0.4, -0.2) is 20.6 Å². The molecule has 6 nitrogen and oxygen atoms in total. The van der Waals surface area contributed by atoms with Crippen LogP contribution < -0.4 is 5.32 Å². The standard InChI is InChI=1S/C10H10N6/c1-7(10-13-15-16-14-10)12-9-4-2-8(6-11)3-5-9/h2-5,7,12H,1H3,(H,13,14,15,16). The number of nitrogens with zero attached hydrogens (tertiary/aromatic N) is 4. The molecule has 0 fully saturated rings. The predicted molar refractivity (Wildman–Crippen MR) is 57.4 cm³/mol. The zero-order valence-electron chi connectivity index (χ0n) is 8.68. The van der Waals surface area contributed by atoms with Gasteiger partial charge < -0.3 is 5.32 Å². The highest BCUT2D eigenvalue weighted by Crippen LogP contribution is 2.15. The Morgan fingerprint density at radius 2 is 2.12 bits per heavy atom. The fourth-order valence-electron chi connectivity index (χ4n) is 1.31. The van der Waals surface area contributed by atoms with Crippen molar-refractivity contribution in [1.29, 1.82) is 5.26 Å². The van der Waals surface area contributed by atoms with Crippen molar-refractivity contribution in [3.63, 3.8) is 0 Å². The SMILES string of the molecule is CC(Nc1ccc(C#N)cc1)c1nn[nH]n1. The average molecular weight is 214 g/mol. The second-order valence-electron chi connectivity index (χ2n) is 3.33. The van der Waals surface area contributed by atoms with Crippen LogP contribution in [0, 0.1) is 11.3 Å². The summed E-state index contributed by atoms with van der Waals surface area (Å²) < 4.78 is 0. The number of nitriles is 1. The third-order valence-corrected chi connectivity index (χ3v) is 2.15. The molecule has 0 spiro atoms. The Balaban J connectivity index is 2.07. The molecule has 1 unspecified atom stereocenters. The number of hydrogen-bond acceptors (Lipinski definition) is 5. The Kier molecular flexibility index (Phi) is 2.78. The van der Waals surface area contributed by atoms with E-state index in [-0.39, 0.29) is 6.04 Å². The van der Waals surface area contributed by atoms with Crippen molar-refractivity contribution >= 4 is 5.69 Å². The summed E-state index contributed by atoms with van der Waals surface area (Å²) in [5.41, 5.74) is 1.55. The first kappa shape index (κ1) is 10.1. The number of hydrogen-bond donors (Lipinski definition) is 2. The highest BCUT2D eigenvalue weighted by Gasteiger charge is 2.09. The topological polar surface area (TPSA) is 90.3 Å². The van der Waals surface area contributed by atoms with Gasteiger partial charge in [-0.15, -0.1) is 10.2 Å². The van der Waals surface area contributed by atoms with E-state index >= 15 is 0 Å². The molecule has 0 saturated carbocycles. The van der Waals surface area contributed by atoms with Crippen LogP contribution in [0.1, 0.15) is 24.4 Å². The predicted octanol–water partition coefficient (Wildman–Crippen LogP) is 1.24. The number of anilines is 1. The number of rotatable bonds is 3. The van der Waals surface area contributed by atoms with Gasteiger partial charge in [-0.1, -0.05) is 5.21 Å². The van der Waals surface area contributed by atoms with Crippen LogP contribution in [-0.2, 0) is 0 Å². The van der Waals surface area contributed by atoms with E-state index in [4.69, 9.17) is 5.26 Å². The van der Waals surface area contributed by atoms with E-state index in [0.29, 0.717) is 11.4 Å². The first-order valence-electron chi connectivity index (χ1n) is 4.79. The van der Waals surface area contributed by atoms with Crippen LogP contribution in [0.25, 0.3) is 0 Å². The van der Waals surface area contributed by atoms with Gasteiger partial charge in [0, 0.05) is 5.69 Å². The number of tetrazole rings is 1. The van der Waals surface area contributed by atoms with Crippen molar-refractivity contribution in [3.05, 3.63) is 35.7 Å². The third kappa shape index (κ3) is 2.15. The van der Waals surface area contributed by atoms with Crippen molar-refractivity contribution in [2.45, 2.75) is 13.0 Å². The van der Waals surface area contributed by atoms with Gasteiger partial charge in [-0.3, -0.25) is 0 Å². The van der Waals surface area contributed by atoms with Crippen LogP contribution in [0.15, 0.2) is 24.3 Å². The minimum absolute atomic E-state index is 0.0355. The van der Waals surface area contributed by atoms with Crippen LogP contribution in [0.3, 0.4) is 0 Å². The largest absolute Gasteiger partial charge is 0.375 e. The molecule has 80 valence electrons. The Labute approximate surface area is 92.3 Å². The number of benzene rings is 1. The van der Waals surface area contributed by atoms with Gasteiger partial charge in [-0.25, -0.2) is 0 Å². The van der Waals surface area contributed by atoms with Crippen LogP contribution in [0.4, 0.5) is 5.69 Å². The van der Waals surface area contributed by atoms with Crippen molar-refractivity contribution in [3.8, 4) is 6.07 Å². The van der Waals surface area contributed by atoms with E-state index in [9.17, 15) is 0 Å². The molecular formula is C10H10N6. The molecule has 0 saturated heterocycles. The van der Waals surface area contributed by atoms with Gasteiger partial charge >= 0.3 is 0 Å². The highest BCUT2D eigenvalue weighted by atomic mass is 15.5. The van der Waals surface area contributed by atoms with Gasteiger partial charge in [0.1, 0.15) is 0 Å². The summed E-state index contributed by atoms with van der Waals surface area (Å²) >= 11 is 0. The smallest absolute Gasteiger partial charge is 0.196 e. The third-order valence-electron chi connectivity index (χ3n) is 2.15. The van der Waals surface area contributed by atoms with Gasteiger partial charge in [-0.2, -0.15) is 10.5 Å². The van der Waals surface area contributed by atoms with Crippen LogP contribution in [0.5, 0.6) is 0 Å². The Morgan fingerprint density at radius 1 is 1.38 bits per heavy atom. The Hall–Kier alpha value is -2.42. The lowest BCUT2D eigenvalue weighted by atomic mass is 10.2. The summed E-state index contributed by atoms with van der Waals surface area (Å²) in [5.74, 6) is 0.601. The van der Waals surface area contributed by atoms with Crippen molar-refractivity contribution in [2.24, 2.45) is 0 Å². The molecule has 1 atom stereocenters. The molecule has 16 heavy (non-hydrogen) atoms. The molecule has 0 amide bonds. The number of aromatic amines is 1. The van der Waals surface area contributed by atoms with E-state index in [1.54, 1.807) is 12.1 Å². The van der Waals surface area contributed by atoms with Crippen molar-refractivity contribution < 1.29 is 0 Å². The minimum atomic E-state index is -0.0355. The van der Waals surface area contributed by atoms with E-state index in [0.717, 1.165) is 5.69 Å². The summed E-state index contributed by atoms with van der Waals surface area (Å²) in [6.07, 6.45) is 0. The average Bonchev–Trinajstić information content (AvgIpc) is 2.83. The van der Waals surface area contributed by atoms with Gasteiger partial charge in [0.25, 0.3) is 0 Å². The van der Waals surface area contributed by atoms with Gasteiger partial charge in [0.05, 0.1) is 17.7 Å². The van der Waals surface area contributed by atoms with Crippen LogP contribution >= 0.6 is 0 Å². The molecule has 1 heterocycles.